The van der Waals surface area contributed by atoms with E-state index in [1.807, 2.05) is 6.92 Å². The fraction of sp³-hybridized carbons (Fsp3) is 0.923. The molecule has 0 saturated heterocycles. The van der Waals surface area contributed by atoms with Crippen molar-refractivity contribution in [2.75, 3.05) is 19.8 Å². The minimum Gasteiger partial charge on any atom is -0.465 e. The van der Waals surface area contributed by atoms with E-state index in [9.17, 15) is 14.7 Å². The molecule has 0 radical (unpaired) electrons. The molecule has 0 aromatic carbocycles. The van der Waals surface area contributed by atoms with E-state index in [1.54, 1.807) is 0 Å². The standard InChI is InChI=1S/C26H50O5/c1-4-7-9-11-13-15-17-19-24(28)30-22-26(6-3,21-27)23-31-25(29)20-18-16-14-12-10-8-5-2/h27H,4-23H2,1-3H3. The summed E-state index contributed by atoms with van der Waals surface area (Å²) in [5.74, 6) is -0.455. The van der Waals surface area contributed by atoms with Crippen molar-refractivity contribution in [1.29, 1.82) is 0 Å². The molecule has 0 rings (SSSR count). The molecule has 184 valence electrons. The molecule has 5 heteroatoms. The van der Waals surface area contributed by atoms with Crippen LogP contribution in [0.5, 0.6) is 0 Å². The minimum absolute atomic E-state index is 0.0973. The Balaban J connectivity index is 4.01. The van der Waals surface area contributed by atoms with Gasteiger partial charge in [-0.1, -0.05) is 97.8 Å². The van der Waals surface area contributed by atoms with E-state index in [1.165, 1.54) is 51.4 Å². The summed E-state index contributed by atoms with van der Waals surface area (Å²) in [6, 6.07) is 0. The molecule has 0 fully saturated rings. The van der Waals surface area contributed by atoms with Gasteiger partial charge in [0.2, 0.25) is 0 Å². The van der Waals surface area contributed by atoms with Gasteiger partial charge >= 0.3 is 11.9 Å². The van der Waals surface area contributed by atoms with Crippen molar-refractivity contribution >= 4 is 11.9 Å². The van der Waals surface area contributed by atoms with Crippen LogP contribution in [-0.2, 0) is 19.1 Å². The smallest absolute Gasteiger partial charge is 0.305 e. The van der Waals surface area contributed by atoms with Crippen LogP contribution in [0.15, 0.2) is 0 Å². The van der Waals surface area contributed by atoms with Gasteiger partial charge in [-0.05, 0) is 19.3 Å². The van der Waals surface area contributed by atoms with Crippen molar-refractivity contribution in [3.05, 3.63) is 0 Å². The zero-order valence-corrected chi connectivity index (χ0v) is 20.7. The van der Waals surface area contributed by atoms with E-state index in [0.29, 0.717) is 19.3 Å². The van der Waals surface area contributed by atoms with Gasteiger partial charge in [0.15, 0.2) is 0 Å². The second-order valence-corrected chi connectivity index (χ2v) is 9.08. The van der Waals surface area contributed by atoms with Crippen LogP contribution in [-0.4, -0.2) is 36.9 Å². The number of aliphatic hydroxyl groups excluding tert-OH is 1. The largest absolute Gasteiger partial charge is 0.465 e. The molecule has 0 unspecified atom stereocenters. The molecule has 0 bridgehead atoms. The van der Waals surface area contributed by atoms with Crippen LogP contribution in [0, 0.1) is 5.41 Å². The van der Waals surface area contributed by atoms with Crippen molar-refractivity contribution in [3.8, 4) is 0 Å². The Bertz CT molecular complexity index is 396. The molecule has 0 aliphatic rings. The number of unbranched alkanes of at least 4 members (excludes halogenated alkanes) is 12. The Kier molecular flexibility index (Phi) is 20.0. The number of ether oxygens (including phenoxy) is 2. The van der Waals surface area contributed by atoms with Crippen LogP contribution in [0.1, 0.15) is 130 Å². The van der Waals surface area contributed by atoms with E-state index in [4.69, 9.17) is 9.47 Å². The van der Waals surface area contributed by atoms with Gasteiger partial charge in [0, 0.05) is 12.8 Å². The quantitative estimate of drug-likeness (QED) is 0.148. The highest BCUT2D eigenvalue weighted by Crippen LogP contribution is 2.23. The van der Waals surface area contributed by atoms with Crippen molar-refractivity contribution in [2.45, 2.75) is 130 Å². The first kappa shape index (κ1) is 29.9. The van der Waals surface area contributed by atoms with Crippen molar-refractivity contribution in [2.24, 2.45) is 5.41 Å². The predicted molar refractivity (Wildman–Crippen MR) is 127 cm³/mol. The number of hydrogen-bond acceptors (Lipinski definition) is 5. The van der Waals surface area contributed by atoms with Gasteiger partial charge in [0.25, 0.3) is 0 Å². The summed E-state index contributed by atoms with van der Waals surface area (Å²) < 4.78 is 10.8. The second-order valence-electron chi connectivity index (χ2n) is 9.08. The molecule has 0 aliphatic carbocycles. The molecule has 0 heterocycles. The van der Waals surface area contributed by atoms with Gasteiger partial charge in [-0.2, -0.15) is 0 Å². The molecular formula is C26H50O5. The summed E-state index contributed by atoms with van der Waals surface area (Å²) in [5, 5.41) is 9.85. The fourth-order valence-corrected chi connectivity index (χ4v) is 3.51. The third-order valence-electron chi connectivity index (χ3n) is 6.13. The maximum absolute atomic E-state index is 12.1. The van der Waals surface area contributed by atoms with Gasteiger partial charge in [0.1, 0.15) is 13.2 Å². The molecule has 0 aliphatic heterocycles. The highest BCUT2D eigenvalue weighted by molar-refractivity contribution is 5.69. The van der Waals surface area contributed by atoms with Crippen LogP contribution in [0.4, 0.5) is 0 Å². The van der Waals surface area contributed by atoms with E-state index >= 15 is 0 Å². The van der Waals surface area contributed by atoms with E-state index in [0.717, 1.165) is 38.5 Å². The molecule has 0 saturated carbocycles. The summed E-state index contributed by atoms with van der Waals surface area (Å²) in [5.41, 5.74) is -0.703. The second kappa shape index (κ2) is 20.8. The Morgan fingerprint density at radius 3 is 1.29 bits per heavy atom. The minimum atomic E-state index is -0.703. The van der Waals surface area contributed by atoms with Crippen molar-refractivity contribution < 1.29 is 24.2 Å². The molecule has 0 aromatic rings. The van der Waals surface area contributed by atoms with Crippen LogP contribution in [0.3, 0.4) is 0 Å². The van der Waals surface area contributed by atoms with E-state index in [2.05, 4.69) is 13.8 Å². The van der Waals surface area contributed by atoms with Crippen LogP contribution < -0.4 is 0 Å². The Hall–Kier alpha value is -1.10. The third-order valence-corrected chi connectivity index (χ3v) is 6.13. The molecule has 0 atom stereocenters. The van der Waals surface area contributed by atoms with E-state index < -0.39 is 5.41 Å². The molecule has 1 N–H and O–H groups in total. The normalized spacial score (nSPS) is 11.5. The molecule has 5 nitrogen and oxygen atoms in total. The number of carbonyl (C=O) groups is 2. The SMILES string of the molecule is CCCCCCCCCC(=O)OCC(CC)(CO)COC(=O)CCCCCCCCC. The summed E-state index contributed by atoms with van der Waals surface area (Å²) in [7, 11) is 0. The van der Waals surface area contributed by atoms with Crippen LogP contribution >= 0.6 is 0 Å². The topological polar surface area (TPSA) is 72.8 Å². The van der Waals surface area contributed by atoms with Crippen molar-refractivity contribution in [1.82, 2.24) is 0 Å². The maximum atomic E-state index is 12.1. The lowest BCUT2D eigenvalue weighted by atomic mass is 9.88. The molecule has 0 amide bonds. The summed E-state index contributed by atoms with van der Waals surface area (Å²) >= 11 is 0. The maximum Gasteiger partial charge on any atom is 0.305 e. The van der Waals surface area contributed by atoms with Crippen molar-refractivity contribution in [3.63, 3.8) is 0 Å². The zero-order chi connectivity index (χ0) is 23.2. The Morgan fingerprint density at radius 1 is 0.613 bits per heavy atom. The van der Waals surface area contributed by atoms with Gasteiger partial charge < -0.3 is 14.6 Å². The molecule has 0 aromatic heterocycles. The average molecular weight is 443 g/mol. The Labute approximate surface area is 191 Å². The Morgan fingerprint density at radius 2 is 0.968 bits per heavy atom. The zero-order valence-electron chi connectivity index (χ0n) is 20.7. The van der Waals surface area contributed by atoms with Crippen LogP contribution in [0.25, 0.3) is 0 Å². The van der Waals surface area contributed by atoms with Gasteiger partial charge in [0.05, 0.1) is 12.0 Å². The highest BCUT2D eigenvalue weighted by atomic mass is 16.5. The monoisotopic (exact) mass is 442 g/mol. The lowest BCUT2D eigenvalue weighted by Gasteiger charge is -2.29. The number of hydrogen-bond donors (Lipinski definition) is 1. The summed E-state index contributed by atoms with van der Waals surface area (Å²) in [6.45, 7) is 6.36. The first-order valence-corrected chi connectivity index (χ1v) is 13.0. The van der Waals surface area contributed by atoms with Gasteiger partial charge in [-0.25, -0.2) is 0 Å². The van der Waals surface area contributed by atoms with E-state index in [-0.39, 0.29) is 31.8 Å². The fourth-order valence-electron chi connectivity index (χ4n) is 3.51. The van der Waals surface area contributed by atoms with Gasteiger partial charge in [-0.3, -0.25) is 9.59 Å². The highest BCUT2D eigenvalue weighted by Gasteiger charge is 2.31. The summed E-state index contributed by atoms with van der Waals surface area (Å²) in [4.78, 5) is 24.1. The third kappa shape index (κ3) is 17.2. The lowest BCUT2D eigenvalue weighted by Crippen LogP contribution is -2.37. The number of carbonyl (C=O) groups excluding carboxylic acids is 2. The molecular weight excluding hydrogens is 392 g/mol. The van der Waals surface area contributed by atoms with Gasteiger partial charge in [-0.15, -0.1) is 0 Å². The lowest BCUT2D eigenvalue weighted by molar-refractivity contribution is -0.156. The van der Waals surface area contributed by atoms with Crippen LogP contribution in [0.2, 0.25) is 0 Å². The first-order valence-electron chi connectivity index (χ1n) is 13.0. The number of aliphatic hydroxyl groups is 1. The first-order chi connectivity index (χ1) is 15.0. The summed E-state index contributed by atoms with van der Waals surface area (Å²) in [6.07, 6.45) is 17.6. The number of esters is 2. The molecule has 0 spiro atoms. The molecule has 31 heavy (non-hydrogen) atoms. The number of rotatable bonds is 22. The predicted octanol–water partition coefficient (Wildman–Crippen LogP) is 6.74. The average Bonchev–Trinajstić information content (AvgIpc) is 2.78.